The van der Waals surface area contributed by atoms with Gasteiger partial charge < -0.3 is 0 Å². The number of nitrogens with zero attached hydrogens (tertiary/aromatic N) is 1. The Labute approximate surface area is 93.4 Å². The van der Waals surface area contributed by atoms with Gasteiger partial charge in [0, 0.05) is 15.6 Å². The minimum atomic E-state index is -0.443. The van der Waals surface area contributed by atoms with Gasteiger partial charge in [-0.05, 0) is 18.7 Å². The molecule has 0 heterocycles. The lowest BCUT2D eigenvalue weighted by Gasteiger charge is -2.13. The Balaban J connectivity index is 3.10. The maximum Gasteiger partial charge on any atom is 0.124 e. The molecule has 4 heteroatoms. The number of nitriles is 1. The Hall–Kier alpha value is -0.750. The molecule has 0 spiro atoms. The molecule has 0 aliphatic carbocycles. The molecular weight excluding hydrogens is 219 g/mol. The van der Waals surface area contributed by atoms with Crippen LogP contribution in [0, 0.1) is 11.3 Å². The number of halogens is 2. The maximum atomic E-state index is 8.93. The van der Waals surface area contributed by atoms with E-state index in [2.05, 4.69) is 11.4 Å². The van der Waals surface area contributed by atoms with Crippen molar-refractivity contribution in [3.05, 3.63) is 33.8 Å². The lowest BCUT2D eigenvalue weighted by atomic mass is 10.1. The molecule has 0 amide bonds. The van der Waals surface area contributed by atoms with Crippen LogP contribution in [-0.2, 0) is 0 Å². The second-order valence-electron chi connectivity index (χ2n) is 2.76. The summed E-state index contributed by atoms with van der Waals surface area (Å²) in [6.45, 7) is 2.62. The molecule has 74 valence electrons. The second-order valence-corrected chi connectivity index (χ2v) is 3.57. The first-order chi connectivity index (χ1) is 6.70. The van der Waals surface area contributed by atoms with Crippen molar-refractivity contribution in [1.82, 2.24) is 5.32 Å². The van der Waals surface area contributed by atoms with Crippen LogP contribution in [0.2, 0.25) is 10.0 Å². The van der Waals surface area contributed by atoms with Crippen molar-refractivity contribution in [3.8, 4) is 6.07 Å². The van der Waals surface area contributed by atoms with E-state index in [1.165, 1.54) is 0 Å². The summed E-state index contributed by atoms with van der Waals surface area (Å²) in [5.41, 5.74) is 0.653. The summed E-state index contributed by atoms with van der Waals surface area (Å²) in [5, 5.41) is 13.0. The van der Waals surface area contributed by atoms with Gasteiger partial charge in [0.25, 0.3) is 0 Å². The van der Waals surface area contributed by atoms with Crippen molar-refractivity contribution in [2.45, 2.75) is 13.0 Å². The molecule has 0 fully saturated rings. The summed E-state index contributed by atoms with van der Waals surface area (Å²) in [4.78, 5) is 0. The van der Waals surface area contributed by atoms with Gasteiger partial charge in [-0.2, -0.15) is 5.26 Å². The number of nitrogens with one attached hydrogen (secondary N) is 1. The minimum Gasteiger partial charge on any atom is -0.298 e. The van der Waals surface area contributed by atoms with Crippen molar-refractivity contribution in [3.63, 3.8) is 0 Å². The lowest BCUT2D eigenvalue weighted by Crippen LogP contribution is -2.19. The zero-order valence-corrected chi connectivity index (χ0v) is 9.23. The van der Waals surface area contributed by atoms with Gasteiger partial charge in [0.15, 0.2) is 0 Å². The zero-order valence-electron chi connectivity index (χ0n) is 7.72. The van der Waals surface area contributed by atoms with E-state index in [0.29, 0.717) is 22.2 Å². The second kappa shape index (κ2) is 5.21. The lowest BCUT2D eigenvalue weighted by molar-refractivity contribution is 0.658. The van der Waals surface area contributed by atoms with E-state index in [9.17, 15) is 0 Å². The molecule has 0 saturated carbocycles. The van der Waals surface area contributed by atoms with Crippen molar-refractivity contribution in [1.29, 1.82) is 5.26 Å². The van der Waals surface area contributed by atoms with Gasteiger partial charge in [0.05, 0.1) is 6.07 Å². The van der Waals surface area contributed by atoms with E-state index in [-0.39, 0.29) is 0 Å². The molecule has 1 unspecified atom stereocenters. The third kappa shape index (κ3) is 2.39. The highest BCUT2D eigenvalue weighted by Crippen LogP contribution is 2.29. The van der Waals surface area contributed by atoms with E-state index in [4.69, 9.17) is 28.5 Å². The third-order valence-electron chi connectivity index (χ3n) is 1.83. The van der Waals surface area contributed by atoms with Crippen LogP contribution < -0.4 is 5.32 Å². The number of rotatable bonds is 3. The number of hydrogen-bond acceptors (Lipinski definition) is 2. The van der Waals surface area contributed by atoms with E-state index < -0.39 is 6.04 Å². The number of benzene rings is 1. The van der Waals surface area contributed by atoms with Crippen molar-refractivity contribution >= 4 is 23.2 Å². The van der Waals surface area contributed by atoms with Crippen LogP contribution in [0.15, 0.2) is 18.2 Å². The van der Waals surface area contributed by atoms with Crippen LogP contribution in [0.3, 0.4) is 0 Å². The maximum absolute atomic E-state index is 8.93. The molecule has 14 heavy (non-hydrogen) atoms. The van der Waals surface area contributed by atoms with E-state index >= 15 is 0 Å². The van der Waals surface area contributed by atoms with Gasteiger partial charge in [-0.3, -0.25) is 5.32 Å². The SMILES string of the molecule is CCNC(C#N)c1c(Cl)cccc1Cl. The first-order valence-corrected chi connectivity index (χ1v) is 5.03. The third-order valence-corrected chi connectivity index (χ3v) is 2.48. The van der Waals surface area contributed by atoms with Crippen molar-refractivity contribution in [2.75, 3.05) is 6.54 Å². The fourth-order valence-electron chi connectivity index (χ4n) is 1.20. The molecule has 0 aromatic heterocycles. The standard InChI is InChI=1S/C10H10Cl2N2/c1-2-14-9(6-13)10-7(11)4-3-5-8(10)12/h3-5,9,14H,2H2,1H3. The zero-order chi connectivity index (χ0) is 10.6. The number of hydrogen-bond donors (Lipinski definition) is 1. The van der Waals surface area contributed by atoms with Crippen LogP contribution in [0.1, 0.15) is 18.5 Å². The van der Waals surface area contributed by atoms with Crippen LogP contribution in [-0.4, -0.2) is 6.54 Å². The Morgan fingerprint density at radius 3 is 2.43 bits per heavy atom. The van der Waals surface area contributed by atoms with Gasteiger partial charge in [-0.1, -0.05) is 36.2 Å². The van der Waals surface area contributed by atoms with E-state index in [0.717, 1.165) is 0 Å². The largest absolute Gasteiger partial charge is 0.298 e. The van der Waals surface area contributed by atoms with Crippen LogP contribution in [0.5, 0.6) is 0 Å². The molecule has 0 aliphatic rings. The van der Waals surface area contributed by atoms with Crippen LogP contribution >= 0.6 is 23.2 Å². The molecule has 1 atom stereocenters. The van der Waals surface area contributed by atoms with Crippen molar-refractivity contribution < 1.29 is 0 Å². The highest BCUT2D eigenvalue weighted by Gasteiger charge is 2.15. The fourth-order valence-corrected chi connectivity index (χ4v) is 1.82. The average molecular weight is 229 g/mol. The molecule has 0 bridgehead atoms. The molecule has 0 radical (unpaired) electrons. The van der Waals surface area contributed by atoms with Gasteiger partial charge >= 0.3 is 0 Å². The molecule has 1 N–H and O–H groups in total. The molecule has 1 aromatic carbocycles. The Morgan fingerprint density at radius 2 is 2.00 bits per heavy atom. The molecular formula is C10H10Cl2N2. The van der Waals surface area contributed by atoms with Gasteiger partial charge in [0.1, 0.15) is 6.04 Å². The summed E-state index contributed by atoms with van der Waals surface area (Å²) in [7, 11) is 0. The highest BCUT2D eigenvalue weighted by molar-refractivity contribution is 6.36. The molecule has 1 aromatic rings. The topological polar surface area (TPSA) is 35.8 Å². The van der Waals surface area contributed by atoms with E-state index in [1.807, 2.05) is 6.92 Å². The minimum absolute atomic E-state index is 0.443. The first kappa shape index (κ1) is 11.3. The summed E-state index contributed by atoms with van der Waals surface area (Å²) < 4.78 is 0. The summed E-state index contributed by atoms with van der Waals surface area (Å²) in [6, 6.07) is 6.89. The monoisotopic (exact) mass is 228 g/mol. The smallest absolute Gasteiger partial charge is 0.124 e. The Bertz CT molecular complexity index is 337. The predicted molar refractivity (Wildman–Crippen MR) is 58.5 cm³/mol. The fraction of sp³-hybridized carbons (Fsp3) is 0.300. The van der Waals surface area contributed by atoms with Gasteiger partial charge in [0.2, 0.25) is 0 Å². The van der Waals surface area contributed by atoms with Crippen molar-refractivity contribution in [2.24, 2.45) is 0 Å². The quantitative estimate of drug-likeness (QED) is 0.863. The Morgan fingerprint density at radius 1 is 1.43 bits per heavy atom. The highest BCUT2D eigenvalue weighted by atomic mass is 35.5. The normalized spacial score (nSPS) is 12.1. The first-order valence-electron chi connectivity index (χ1n) is 4.27. The molecule has 2 nitrogen and oxygen atoms in total. The average Bonchev–Trinajstić information content (AvgIpc) is 2.16. The summed E-state index contributed by atoms with van der Waals surface area (Å²) in [5.74, 6) is 0. The molecule has 0 saturated heterocycles. The van der Waals surface area contributed by atoms with Gasteiger partial charge in [-0.15, -0.1) is 0 Å². The summed E-state index contributed by atoms with van der Waals surface area (Å²) >= 11 is 11.9. The molecule has 0 aliphatic heterocycles. The van der Waals surface area contributed by atoms with Crippen LogP contribution in [0.4, 0.5) is 0 Å². The van der Waals surface area contributed by atoms with Crippen LogP contribution in [0.25, 0.3) is 0 Å². The summed E-state index contributed by atoms with van der Waals surface area (Å²) in [6.07, 6.45) is 0. The predicted octanol–water partition coefficient (Wildman–Crippen LogP) is 3.17. The molecule has 1 rings (SSSR count). The van der Waals surface area contributed by atoms with E-state index in [1.54, 1.807) is 18.2 Å². The van der Waals surface area contributed by atoms with Gasteiger partial charge in [-0.25, -0.2) is 0 Å². The Kier molecular flexibility index (Phi) is 4.21.